The van der Waals surface area contributed by atoms with Gasteiger partial charge in [-0.2, -0.15) is 0 Å². The molecule has 4 rings (SSSR count). The van der Waals surface area contributed by atoms with Crippen LogP contribution in [-0.4, -0.2) is 25.0 Å². The highest BCUT2D eigenvalue weighted by Crippen LogP contribution is 2.28. The molecule has 0 spiro atoms. The van der Waals surface area contributed by atoms with Crippen LogP contribution < -0.4 is 15.4 Å². The number of carbonyl (C=O) groups is 2. The minimum absolute atomic E-state index is 0.000479. The quantitative estimate of drug-likeness (QED) is 0.857. The van der Waals surface area contributed by atoms with Gasteiger partial charge in [0.1, 0.15) is 5.75 Å². The van der Waals surface area contributed by atoms with Gasteiger partial charge < -0.3 is 15.4 Å². The third-order valence-electron chi connectivity index (χ3n) is 5.38. The highest BCUT2D eigenvalue weighted by molar-refractivity contribution is 5.96. The van der Waals surface area contributed by atoms with E-state index in [4.69, 9.17) is 4.74 Å². The van der Waals surface area contributed by atoms with Gasteiger partial charge in [0.05, 0.1) is 6.61 Å². The number of anilines is 1. The van der Waals surface area contributed by atoms with Gasteiger partial charge >= 0.3 is 0 Å². The van der Waals surface area contributed by atoms with Crippen LogP contribution in [0, 0.1) is 11.8 Å². The summed E-state index contributed by atoms with van der Waals surface area (Å²) in [4.78, 5) is 24.5. The molecule has 2 amide bonds. The molecule has 2 aliphatic heterocycles. The zero-order valence-electron chi connectivity index (χ0n) is 15.2. The van der Waals surface area contributed by atoms with E-state index < -0.39 is 0 Å². The lowest BCUT2D eigenvalue weighted by molar-refractivity contribution is -0.123. The SMILES string of the molecule is O=C(CCC1Cc2ccccc2NC1=O)NCC1COc2ccccc2C1. The summed E-state index contributed by atoms with van der Waals surface area (Å²) in [6.45, 7) is 1.23. The van der Waals surface area contributed by atoms with Gasteiger partial charge in [-0.1, -0.05) is 36.4 Å². The van der Waals surface area contributed by atoms with Gasteiger partial charge in [0, 0.05) is 30.5 Å². The van der Waals surface area contributed by atoms with Crippen molar-refractivity contribution in [1.29, 1.82) is 0 Å². The summed E-state index contributed by atoms with van der Waals surface area (Å²) in [7, 11) is 0. The summed E-state index contributed by atoms with van der Waals surface area (Å²) in [5, 5.41) is 5.95. The van der Waals surface area contributed by atoms with E-state index in [1.165, 1.54) is 5.56 Å². The van der Waals surface area contributed by atoms with Gasteiger partial charge in [-0.3, -0.25) is 9.59 Å². The van der Waals surface area contributed by atoms with Gasteiger partial charge in [-0.05, 0) is 42.5 Å². The molecular weight excluding hydrogens is 340 g/mol. The lowest BCUT2D eigenvalue weighted by Gasteiger charge is -2.26. The molecule has 5 heteroatoms. The first-order valence-electron chi connectivity index (χ1n) is 9.55. The van der Waals surface area contributed by atoms with Crippen LogP contribution in [-0.2, 0) is 22.4 Å². The van der Waals surface area contributed by atoms with Crippen molar-refractivity contribution in [2.45, 2.75) is 25.7 Å². The third-order valence-corrected chi connectivity index (χ3v) is 5.38. The van der Waals surface area contributed by atoms with Crippen LogP contribution >= 0.6 is 0 Å². The van der Waals surface area contributed by atoms with Crippen molar-refractivity contribution in [3.05, 3.63) is 59.7 Å². The van der Waals surface area contributed by atoms with Crippen molar-refractivity contribution in [3.8, 4) is 5.75 Å². The van der Waals surface area contributed by atoms with Crippen LogP contribution in [0.2, 0.25) is 0 Å². The van der Waals surface area contributed by atoms with Crippen molar-refractivity contribution in [2.75, 3.05) is 18.5 Å². The van der Waals surface area contributed by atoms with Crippen LogP contribution in [0.15, 0.2) is 48.5 Å². The average molecular weight is 364 g/mol. The molecule has 140 valence electrons. The molecule has 2 aromatic carbocycles. The number of benzene rings is 2. The molecule has 2 unspecified atom stereocenters. The summed E-state index contributed by atoms with van der Waals surface area (Å²) in [6, 6.07) is 15.9. The van der Waals surface area contributed by atoms with Crippen LogP contribution in [0.5, 0.6) is 5.75 Å². The lowest BCUT2D eigenvalue weighted by atomic mass is 9.89. The van der Waals surface area contributed by atoms with Crippen molar-refractivity contribution < 1.29 is 14.3 Å². The number of para-hydroxylation sites is 2. The molecule has 27 heavy (non-hydrogen) atoms. The minimum Gasteiger partial charge on any atom is -0.493 e. The summed E-state index contributed by atoms with van der Waals surface area (Å²) >= 11 is 0. The van der Waals surface area contributed by atoms with E-state index in [9.17, 15) is 9.59 Å². The van der Waals surface area contributed by atoms with E-state index in [0.717, 1.165) is 23.4 Å². The van der Waals surface area contributed by atoms with Crippen molar-refractivity contribution in [2.24, 2.45) is 11.8 Å². The van der Waals surface area contributed by atoms with E-state index >= 15 is 0 Å². The summed E-state index contributed by atoms with van der Waals surface area (Å²) in [5.41, 5.74) is 3.22. The van der Waals surface area contributed by atoms with E-state index in [-0.39, 0.29) is 23.7 Å². The maximum absolute atomic E-state index is 12.2. The number of nitrogens with one attached hydrogen (secondary N) is 2. The Bertz CT molecular complexity index is 849. The topological polar surface area (TPSA) is 67.4 Å². The number of amides is 2. The second-order valence-electron chi connectivity index (χ2n) is 7.38. The first-order chi connectivity index (χ1) is 13.2. The van der Waals surface area contributed by atoms with Crippen LogP contribution in [0.1, 0.15) is 24.0 Å². The molecule has 2 aromatic rings. The Kier molecular flexibility index (Phi) is 5.10. The second-order valence-corrected chi connectivity index (χ2v) is 7.38. The number of ether oxygens (including phenoxy) is 1. The first-order valence-corrected chi connectivity index (χ1v) is 9.55. The van der Waals surface area contributed by atoms with Gasteiger partial charge in [0.25, 0.3) is 0 Å². The molecule has 2 N–H and O–H groups in total. The normalized spacial score (nSPS) is 20.7. The Morgan fingerprint density at radius 2 is 1.85 bits per heavy atom. The van der Waals surface area contributed by atoms with Crippen LogP contribution in [0.4, 0.5) is 5.69 Å². The molecule has 0 radical (unpaired) electrons. The maximum atomic E-state index is 12.2. The van der Waals surface area contributed by atoms with Crippen LogP contribution in [0.25, 0.3) is 0 Å². The summed E-state index contributed by atoms with van der Waals surface area (Å²) in [6.07, 6.45) is 2.54. The van der Waals surface area contributed by atoms with Crippen molar-refractivity contribution >= 4 is 17.5 Å². The maximum Gasteiger partial charge on any atom is 0.227 e. The number of fused-ring (bicyclic) bond motifs is 2. The van der Waals surface area contributed by atoms with E-state index in [1.807, 2.05) is 42.5 Å². The molecule has 0 aliphatic carbocycles. The van der Waals surface area contributed by atoms with Crippen LogP contribution in [0.3, 0.4) is 0 Å². The number of hydrogen-bond donors (Lipinski definition) is 2. The van der Waals surface area contributed by atoms with Crippen molar-refractivity contribution in [3.63, 3.8) is 0 Å². The molecule has 2 aliphatic rings. The number of rotatable bonds is 5. The monoisotopic (exact) mass is 364 g/mol. The summed E-state index contributed by atoms with van der Waals surface area (Å²) in [5.74, 6) is 1.10. The van der Waals surface area contributed by atoms with Gasteiger partial charge in [0.15, 0.2) is 0 Å². The Hall–Kier alpha value is -2.82. The fourth-order valence-electron chi connectivity index (χ4n) is 3.82. The number of carbonyl (C=O) groups excluding carboxylic acids is 2. The molecule has 5 nitrogen and oxygen atoms in total. The highest BCUT2D eigenvalue weighted by atomic mass is 16.5. The smallest absolute Gasteiger partial charge is 0.227 e. The third kappa shape index (κ3) is 4.13. The minimum atomic E-state index is -0.143. The molecule has 2 heterocycles. The Morgan fingerprint density at radius 1 is 1.07 bits per heavy atom. The Balaban J connectivity index is 1.23. The summed E-state index contributed by atoms with van der Waals surface area (Å²) < 4.78 is 5.77. The van der Waals surface area contributed by atoms with Gasteiger partial charge in [-0.25, -0.2) is 0 Å². The molecule has 0 saturated carbocycles. The molecule has 2 atom stereocenters. The van der Waals surface area contributed by atoms with E-state index in [2.05, 4.69) is 16.7 Å². The highest BCUT2D eigenvalue weighted by Gasteiger charge is 2.26. The fraction of sp³-hybridized carbons (Fsp3) is 0.364. The molecule has 0 saturated heterocycles. The largest absolute Gasteiger partial charge is 0.493 e. The standard InChI is InChI=1S/C22H24N2O3/c25-21(23-13-15-11-17-6-2-4-8-20(17)27-14-15)10-9-18-12-16-5-1-3-7-19(16)24-22(18)26/h1-8,15,18H,9-14H2,(H,23,25)(H,24,26). The predicted molar refractivity (Wildman–Crippen MR) is 104 cm³/mol. The first kappa shape index (κ1) is 17.6. The Morgan fingerprint density at radius 3 is 2.74 bits per heavy atom. The zero-order chi connectivity index (χ0) is 18.6. The molecule has 0 fully saturated rings. The predicted octanol–water partition coefficient (Wildman–Crippen LogP) is 2.95. The lowest BCUT2D eigenvalue weighted by Crippen LogP contribution is -2.36. The molecule has 0 aromatic heterocycles. The van der Waals surface area contributed by atoms with Crippen molar-refractivity contribution in [1.82, 2.24) is 5.32 Å². The van der Waals surface area contributed by atoms with Gasteiger partial charge in [0.2, 0.25) is 11.8 Å². The average Bonchev–Trinajstić information content (AvgIpc) is 2.70. The molecule has 0 bridgehead atoms. The fourth-order valence-corrected chi connectivity index (χ4v) is 3.82. The molecular formula is C22H24N2O3. The Labute approximate surface area is 159 Å². The van der Waals surface area contributed by atoms with E-state index in [1.54, 1.807) is 0 Å². The van der Waals surface area contributed by atoms with E-state index in [0.29, 0.717) is 32.4 Å². The zero-order valence-corrected chi connectivity index (χ0v) is 15.2. The second kappa shape index (κ2) is 7.82. The number of hydrogen-bond acceptors (Lipinski definition) is 3. The van der Waals surface area contributed by atoms with Gasteiger partial charge in [-0.15, -0.1) is 0 Å².